The molecule has 0 aliphatic rings. The van der Waals surface area contributed by atoms with Crippen LogP contribution < -0.4 is 4.74 Å². The number of alkyl halides is 2. The molecular weight excluding hydrogens is 242 g/mol. The van der Waals surface area contributed by atoms with Crippen molar-refractivity contribution in [1.82, 2.24) is 0 Å². The number of rotatable bonds is 2. The molecule has 1 nitrogen and oxygen atoms in total. The summed E-state index contributed by atoms with van der Waals surface area (Å²) in [6.07, 6.45) is -2.50. The Labute approximate surface area is 83.8 Å². The molecule has 0 aliphatic heterocycles. The fourth-order valence-corrected chi connectivity index (χ4v) is 1.72. The van der Waals surface area contributed by atoms with E-state index in [1.165, 1.54) is 13.2 Å². The minimum atomic E-state index is -2.50. The van der Waals surface area contributed by atoms with Gasteiger partial charge in [-0.2, -0.15) is 0 Å². The number of hydrogen-bond donors (Lipinski definition) is 0. The molecule has 0 atom stereocenters. The molecule has 0 saturated carbocycles. The average molecular weight is 251 g/mol. The van der Waals surface area contributed by atoms with E-state index in [0.717, 1.165) is 4.47 Å². The lowest BCUT2D eigenvalue weighted by molar-refractivity contribution is 0.146. The minimum absolute atomic E-state index is 0.0364. The Bertz CT molecular complexity index is 313. The SMILES string of the molecule is COc1cc(Br)cc(C)c1C(F)F. The van der Waals surface area contributed by atoms with Crippen LogP contribution in [-0.4, -0.2) is 7.11 Å². The molecule has 1 rings (SSSR count). The highest BCUT2D eigenvalue weighted by Crippen LogP contribution is 2.34. The molecule has 0 saturated heterocycles. The predicted octanol–water partition coefficient (Wildman–Crippen LogP) is 3.70. The van der Waals surface area contributed by atoms with Gasteiger partial charge in [-0.1, -0.05) is 15.9 Å². The van der Waals surface area contributed by atoms with Gasteiger partial charge in [-0.3, -0.25) is 0 Å². The third-order valence-corrected chi connectivity index (χ3v) is 2.21. The van der Waals surface area contributed by atoms with Crippen LogP contribution in [-0.2, 0) is 0 Å². The molecule has 0 fully saturated rings. The molecule has 0 bridgehead atoms. The second-order valence-corrected chi connectivity index (χ2v) is 3.55. The summed E-state index contributed by atoms with van der Waals surface area (Å²) in [6, 6.07) is 3.18. The van der Waals surface area contributed by atoms with Crippen molar-refractivity contribution in [2.24, 2.45) is 0 Å². The Morgan fingerprint density at radius 3 is 2.46 bits per heavy atom. The number of methoxy groups -OCH3 is 1. The Hall–Kier alpha value is -0.640. The molecule has 0 aliphatic carbocycles. The molecule has 13 heavy (non-hydrogen) atoms. The topological polar surface area (TPSA) is 9.23 Å². The van der Waals surface area contributed by atoms with Gasteiger partial charge in [0.25, 0.3) is 6.43 Å². The van der Waals surface area contributed by atoms with Gasteiger partial charge in [0, 0.05) is 4.47 Å². The van der Waals surface area contributed by atoms with E-state index in [4.69, 9.17) is 4.74 Å². The average Bonchev–Trinajstić information content (AvgIpc) is 2.01. The molecule has 1 aromatic carbocycles. The standard InChI is InChI=1S/C9H9BrF2O/c1-5-3-6(10)4-7(13-2)8(5)9(11)12/h3-4,9H,1-2H3. The van der Waals surface area contributed by atoms with Gasteiger partial charge in [-0.15, -0.1) is 0 Å². The molecule has 0 unspecified atom stereocenters. The Kier molecular flexibility index (Phi) is 3.25. The first-order valence-electron chi connectivity index (χ1n) is 3.68. The fourth-order valence-electron chi connectivity index (χ4n) is 1.17. The van der Waals surface area contributed by atoms with Gasteiger partial charge in [0.15, 0.2) is 0 Å². The van der Waals surface area contributed by atoms with E-state index in [-0.39, 0.29) is 11.3 Å². The Morgan fingerprint density at radius 2 is 2.00 bits per heavy atom. The summed E-state index contributed by atoms with van der Waals surface area (Å²) in [5.74, 6) is 0.224. The van der Waals surface area contributed by atoms with Gasteiger partial charge >= 0.3 is 0 Å². The van der Waals surface area contributed by atoms with Crippen LogP contribution in [0.5, 0.6) is 5.75 Å². The smallest absolute Gasteiger partial charge is 0.267 e. The molecule has 4 heteroatoms. The van der Waals surface area contributed by atoms with Crippen LogP contribution in [0, 0.1) is 6.92 Å². The largest absolute Gasteiger partial charge is 0.496 e. The summed E-state index contributed by atoms with van der Waals surface area (Å²) in [4.78, 5) is 0. The Balaban J connectivity index is 3.30. The normalized spacial score (nSPS) is 10.6. The third-order valence-electron chi connectivity index (χ3n) is 1.75. The van der Waals surface area contributed by atoms with Gasteiger partial charge in [-0.25, -0.2) is 8.78 Å². The lowest BCUT2D eigenvalue weighted by Gasteiger charge is -2.11. The summed E-state index contributed by atoms with van der Waals surface area (Å²) >= 11 is 3.21. The number of benzene rings is 1. The van der Waals surface area contributed by atoms with E-state index in [9.17, 15) is 8.78 Å². The van der Waals surface area contributed by atoms with E-state index in [1.807, 2.05) is 0 Å². The maximum absolute atomic E-state index is 12.5. The second kappa shape index (κ2) is 4.05. The van der Waals surface area contributed by atoms with Gasteiger partial charge < -0.3 is 4.74 Å². The molecule has 1 aromatic rings. The summed E-state index contributed by atoms with van der Waals surface area (Å²) in [5.41, 5.74) is 0.493. The van der Waals surface area contributed by atoms with Crippen molar-refractivity contribution in [1.29, 1.82) is 0 Å². The van der Waals surface area contributed by atoms with Crippen molar-refractivity contribution in [2.75, 3.05) is 7.11 Å². The van der Waals surface area contributed by atoms with Crippen molar-refractivity contribution in [3.8, 4) is 5.75 Å². The molecule has 0 heterocycles. The second-order valence-electron chi connectivity index (χ2n) is 2.64. The van der Waals surface area contributed by atoms with Crippen LogP contribution >= 0.6 is 15.9 Å². The summed E-state index contributed by atoms with van der Waals surface area (Å²) in [5, 5.41) is 0. The molecule has 0 amide bonds. The molecule has 0 aromatic heterocycles. The minimum Gasteiger partial charge on any atom is -0.496 e. The van der Waals surface area contributed by atoms with Crippen LogP contribution in [0.4, 0.5) is 8.78 Å². The zero-order valence-corrected chi connectivity index (χ0v) is 8.86. The van der Waals surface area contributed by atoms with E-state index < -0.39 is 6.43 Å². The highest BCUT2D eigenvalue weighted by Gasteiger charge is 2.17. The van der Waals surface area contributed by atoms with Crippen molar-refractivity contribution in [3.63, 3.8) is 0 Å². The lowest BCUT2D eigenvalue weighted by atomic mass is 10.1. The summed E-state index contributed by atoms with van der Waals surface area (Å²) in [7, 11) is 1.38. The zero-order valence-electron chi connectivity index (χ0n) is 7.27. The van der Waals surface area contributed by atoms with E-state index in [2.05, 4.69) is 15.9 Å². The van der Waals surface area contributed by atoms with Crippen LogP contribution in [0.2, 0.25) is 0 Å². The zero-order chi connectivity index (χ0) is 10.0. The molecule has 0 radical (unpaired) electrons. The van der Waals surface area contributed by atoms with E-state index in [0.29, 0.717) is 5.56 Å². The van der Waals surface area contributed by atoms with Gasteiger partial charge in [-0.05, 0) is 24.6 Å². The first-order chi connectivity index (χ1) is 6.06. The van der Waals surface area contributed by atoms with Crippen molar-refractivity contribution >= 4 is 15.9 Å². The van der Waals surface area contributed by atoms with Crippen LogP contribution in [0.3, 0.4) is 0 Å². The first-order valence-corrected chi connectivity index (χ1v) is 4.47. The number of ether oxygens (including phenoxy) is 1. The highest BCUT2D eigenvalue weighted by atomic mass is 79.9. The predicted molar refractivity (Wildman–Crippen MR) is 50.4 cm³/mol. The maximum Gasteiger partial charge on any atom is 0.267 e. The van der Waals surface area contributed by atoms with Crippen LogP contribution in [0.15, 0.2) is 16.6 Å². The van der Waals surface area contributed by atoms with Crippen LogP contribution in [0.25, 0.3) is 0 Å². The fraction of sp³-hybridized carbons (Fsp3) is 0.333. The maximum atomic E-state index is 12.5. The quantitative estimate of drug-likeness (QED) is 0.778. The number of halogens is 3. The lowest BCUT2D eigenvalue weighted by Crippen LogP contribution is -1.95. The molecular formula is C9H9BrF2O. The van der Waals surface area contributed by atoms with E-state index >= 15 is 0 Å². The Morgan fingerprint density at radius 1 is 1.38 bits per heavy atom. The molecule has 0 spiro atoms. The van der Waals surface area contributed by atoms with Crippen molar-refractivity contribution in [3.05, 3.63) is 27.7 Å². The summed E-state index contributed by atoms with van der Waals surface area (Å²) < 4.78 is 30.6. The van der Waals surface area contributed by atoms with Gasteiger partial charge in [0.2, 0.25) is 0 Å². The number of hydrogen-bond acceptors (Lipinski definition) is 1. The summed E-state index contributed by atoms with van der Waals surface area (Å²) in [6.45, 7) is 1.63. The van der Waals surface area contributed by atoms with Crippen molar-refractivity contribution in [2.45, 2.75) is 13.3 Å². The molecule has 72 valence electrons. The van der Waals surface area contributed by atoms with Crippen molar-refractivity contribution < 1.29 is 13.5 Å². The highest BCUT2D eigenvalue weighted by molar-refractivity contribution is 9.10. The van der Waals surface area contributed by atoms with E-state index in [1.54, 1.807) is 13.0 Å². The van der Waals surface area contributed by atoms with Crippen LogP contribution in [0.1, 0.15) is 17.6 Å². The molecule has 0 N–H and O–H groups in total. The van der Waals surface area contributed by atoms with Gasteiger partial charge in [0.1, 0.15) is 5.75 Å². The monoisotopic (exact) mass is 250 g/mol. The first kappa shape index (κ1) is 10.4. The third kappa shape index (κ3) is 2.18. The number of aryl methyl sites for hydroxylation is 1. The van der Waals surface area contributed by atoms with Gasteiger partial charge in [0.05, 0.1) is 12.7 Å².